The summed E-state index contributed by atoms with van der Waals surface area (Å²) in [7, 11) is 0. The van der Waals surface area contributed by atoms with Gasteiger partial charge in [0.15, 0.2) is 0 Å². The molecule has 0 spiro atoms. The first-order valence-corrected chi connectivity index (χ1v) is 15.8. The van der Waals surface area contributed by atoms with Gasteiger partial charge in [0.2, 0.25) is 0 Å². The smallest absolute Gasteiger partial charge is 0.104 e. The fourth-order valence-electron chi connectivity index (χ4n) is 7.50. The molecule has 0 aliphatic heterocycles. The van der Waals surface area contributed by atoms with E-state index in [2.05, 4.69) is 17.2 Å². The van der Waals surface area contributed by atoms with Gasteiger partial charge in [-0.3, -0.25) is 9.98 Å². The number of nitrogens with zero attached hydrogens (tertiary/aromatic N) is 4. The van der Waals surface area contributed by atoms with Gasteiger partial charge in [0.05, 0.1) is 24.0 Å². The lowest BCUT2D eigenvalue weighted by Crippen LogP contribution is -2.35. The molecule has 0 heterocycles. The molecule has 4 aliphatic rings. The Balaban J connectivity index is 1.57. The molecule has 4 aliphatic carbocycles. The van der Waals surface area contributed by atoms with Crippen LogP contribution in [0.1, 0.15) is 135 Å². The van der Waals surface area contributed by atoms with Gasteiger partial charge in [-0.05, 0) is 58.3 Å². The molecule has 0 amide bonds. The normalized spacial score (nSPS) is 26.4. The molecule has 0 aromatic heterocycles. The van der Waals surface area contributed by atoms with Crippen molar-refractivity contribution < 1.29 is 10.4 Å². The lowest BCUT2D eigenvalue weighted by molar-refractivity contribution is 0.310. The Morgan fingerprint density at radius 3 is 1.22 bits per heavy atom. The van der Waals surface area contributed by atoms with E-state index in [1.54, 1.807) is 0 Å². The molecule has 4 rings (SSSR count). The van der Waals surface area contributed by atoms with Crippen LogP contribution in [0, 0.1) is 23.7 Å². The Bertz CT molecular complexity index is 809. The Morgan fingerprint density at radius 1 is 0.514 bits per heavy atom. The molecule has 0 aromatic rings. The molecule has 0 radical (unpaired) electrons. The summed E-state index contributed by atoms with van der Waals surface area (Å²) >= 11 is 0. The van der Waals surface area contributed by atoms with Gasteiger partial charge < -0.3 is 10.4 Å². The van der Waals surface area contributed by atoms with Gasteiger partial charge in [-0.25, -0.2) is 0 Å². The average Bonchev–Trinajstić information content (AvgIpc) is 2.97. The zero-order valence-corrected chi connectivity index (χ0v) is 23.4. The zero-order chi connectivity index (χ0) is 25.9. The van der Waals surface area contributed by atoms with Crippen LogP contribution in [0.4, 0.5) is 0 Å². The molecular formula is C31H52N4O2. The highest BCUT2D eigenvalue weighted by Gasteiger charge is 2.32. The van der Waals surface area contributed by atoms with E-state index in [4.69, 9.17) is 9.98 Å². The first-order valence-electron chi connectivity index (χ1n) is 15.8. The van der Waals surface area contributed by atoms with Gasteiger partial charge in [0, 0.05) is 23.7 Å². The Kier molecular flexibility index (Phi) is 11.5. The third-order valence-electron chi connectivity index (χ3n) is 9.59. The lowest BCUT2D eigenvalue weighted by Gasteiger charge is -2.30. The van der Waals surface area contributed by atoms with Crippen molar-refractivity contribution in [1.82, 2.24) is 0 Å². The maximum atomic E-state index is 10.2. The van der Waals surface area contributed by atoms with Crippen molar-refractivity contribution in [2.45, 2.75) is 141 Å². The zero-order valence-electron chi connectivity index (χ0n) is 23.4. The van der Waals surface area contributed by atoms with Crippen LogP contribution >= 0.6 is 0 Å². The van der Waals surface area contributed by atoms with E-state index in [1.165, 1.54) is 77.0 Å². The topological polar surface area (TPSA) is 89.9 Å². The lowest BCUT2D eigenvalue weighted by atomic mass is 9.77. The molecule has 6 nitrogen and oxygen atoms in total. The molecule has 4 saturated carbocycles. The maximum Gasteiger partial charge on any atom is 0.104 e. The summed E-state index contributed by atoms with van der Waals surface area (Å²) in [6.07, 6.45) is 24.1. The van der Waals surface area contributed by atoms with Crippen LogP contribution in [0.5, 0.6) is 0 Å². The minimum absolute atomic E-state index is 0.0159. The summed E-state index contributed by atoms with van der Waals surface area (Å²) in [5.41, 5.74) is 3.88. The van der Waals surface area contributed by atoms with E-state index in [0.717, 1.165) is 74.2 Å². The van der Waals surface area contributed by atoms with Crippen LogP contribution in [-0.4, -0.2) is 45.8 Å². The van der Waals surface area contributed by atoms with Gasteiger partial charge in [0.25, 0.3) is 0 Å². The molecule has 0 saturated heterocycles. The maximum absolute atomic E-state index is 10.2. The molecule has 208 valence electrons. The summed E-state index contributed by atoms with van der Waals surface area (Å²) in [6, 6.07) is 0.0159. The van der Waals surface area contributed by atoms with Gasteiger partial charge in [0.1, 0.15) is 11.4 Å². The Hall–Kier alpha value is -1.72. The van der Waals surface area contributed by atoms with E-state index in [-0.39, 0.29) is 6.04 Å². The fraction of sp³-hybridized carbons (Fsp3) is 0.871. The van der Waals surface area contributed by atoms with Crippen molar-refractivity contribution in [1.29, 1.82) is 0 Å². The number of hydrogen-bond donors (Lipinski definition) is 2. The van der Waals surface area contributed by atoms with Crippen LogP contribution in [-0.2, 0) is 0 Å². The predicted octanol–water partition coefficient (Wildman–Crippen LogP) is 8.24. The largest absolute Gasteiger partial charge is 0.411 e. The number of rotatable bonds is 9. The third kappa shape index (κ3) is 7.89. The van der Waals surface area contributed by atoms with E-state index in [1.807, 2.05) is 0 Å². The summed E-state index contributed by atoms with van der Waals surface area (Å²) in [5, 5.41) is 28.1. The first-order chi connectivity index (χ1) is 18.2. The Morgan fingerprint density at radius 2 is 0.838 bits per heavy atom. The van der Waals surface area contributed by atoms with E-state index < -0.39 is 0 Å². The van der Waals surface area contributed by atoms with E-state index in [0.29, 0.717) is 30.2 Å². The summed E-state index contributed by atoms with van der Waals surface area (Å²) in [5.74, 6) is 1.50. The van der Waals surface area contributed by atoms with E-state index >= 15 is 0 Å². The molecule has 2 N–H and O–H groups in total. The fourth-order valence-corrected chi connectivity index (χ4v) is 7.50. The standard InChI is InChI=1S/C31H52N4O2/c1-23(33-29(25-16-8-3-9-17-25)31(35-37)27-20-12-5-13-21-27)22-32-28(24-14-6-2-7-15-24)30(34-36)26-18-10-4-11-19-26/h23-27,36-37H,2-22H2,1H3. The van der Waals surface area contributed by atoms with E-state index in [9.17, 15) is 10.4 Å². The molecule has 4 fully saturated rings. The molecule has 6 heteroatoms. The summed E-state index contributed by atoms with van der Waals surface area (Å²) < 4.78 is 0. The third-order valence-corrected chi connectivity index (χ3v) is 9.59. The monoisotopic (exact) mass is 512 g/mol. The van der Waals surface area contributed by atoms with Crippen molar-refractivity contribution in [2.24, 2.45) is 44.0 Å². The van der Waals surface area contributed by atoms with Gasteiger partial charge in [-0.2, -0.15) is 0 Å². The summed E-state index contributed by atoms with van der Waals surface area (Å²) in [6.45, 7) is 2.77. The molecular weight excluding hydrogens is 460 g/mol. The molecule has 1 unspecified atom stereocenters. The number of aliphatic imine (C=N–C) groups is 2. The van der Waals surface area contributed by atoms with Crippen LogP contribution < -0.4 is 0 Å². The molecule has 1 atom stereocenters. The second-order valence-corrected chi connectivity index (χ2v) is 12.4. The van der Waals surface area contributed by atoms with Crippen molar-refractivity contribution >= 4 is 22.8 Å². The van der Waals surface area contributed by atoms with Crippen LogP contribution in [0.2, 0.25) is 0 Å². The summed E-state index contributed by atoms with van der Waals surface area (Å²) in [4.78, 5) is 10.5. The second kappa shape index (κ2) is 15.0. The average molecular weight is 513 g/mol. The molecule has 0 bridgehead atoms. The van der Waals surface area contributed by atoms with Gasteiger partial charge >= 0.3 is 0 Å². The van der Waals surface area contributed by atoms with Crippen molar-refractivity contribution in [2.75, 3.05) is 6.54 Å². The van der Waals surface area contributed by atoms with Crippen LogP contribution in [0.15, 0.2) is 20.3 Å². The highest BCUT2D eigenvalue weighted by atomic mass is 16.4. The SMILES string of the molecule is CC(CN=C(C(=NO)C1CCCCC1)C1CCCCC1)N=C(C(=NO)C1CCCCC1)C1CCCCC1. The quantitative estimate of drug-likeness (QED) is 0.185. The first kappa shape index (κ1) is 28.3. The van der Waals surface area contributed by atoms with Crippen LogP contribution in [0.3, 0.4) is 0 Å². The van der Waals surface area contributed by atoms with Gasteiger partial charge in [-0.15, -0.1) is 0 Å². The van der Waals surface area contributed by atoms with Crippen molar-refractivity contribution in [3.63, 3.8) is 0 Å². The van der Waals surface area contributed by atoms with Crippen molar-refractivity contribution in [3.8, 4) is 0 Å². The second-order valence-electron chi connectivity index (χ2n) is 12.4. The van der Waals surface area contributed by atoms with Gasteiger partial charge in [-0.1, -0.05) is 87.4 Å². The molecule has 0 aromatic carbocycles. The van der Waals surface area contributed by atoms with Crippen molar-refractivity contribution in [3.05, 3.63) is 0 Å². The number of hydrogen-bond acceptors (Lipinski definition) is 6. The van der Waals surface area contributed by atoms with Crippen LogP contribution in [0.25, 0.3) is 0 Å². The minimum Gasteiger partial charge on any atom is -0.411 e. The minimum atomic E-state index is 0.0159. The highest BCUT2D eigenvalue weighted by molar-refractivity contribution is 6.44. The predicted molar refractivity (Wildman–Crippen MR) is 154 cm³/mol. The Labute approximate surface area is 225 Å². The molecule has 37 heavy (non-hydrogen) atoms. The highest BCUT2D eigenvalue weighted by Crippen LogP contribution is 2.33. The number of oxime groups is 2.